The van der Waals surface area contributed by atoms with Gasteiger partial charge in [-0.25, -0.2) is 4.98 Å². The van der Waals surface area contributed by atoms with Crippen molar-refractivity contribution < 1.29 is 0 Å². The number of halogens is 1. The van der Waals surface area contributed by atoms with E-state index in [1.165, 1.54) is 35.1 Å². The number of benzene rings is 3. The molecule has 3 aromatic carbocycles. The van der Waals surface area contributed by atoms with Crippen molar-refractivity contribution in [1.29, 1.82) is 0 Å². The molecule has 0 saturated carbocycles. The molecule has 0 amide bonds. The second-order valence-electron chi connectivity index (χ2n) is 12.4. The maximum absolute atomic E-state index is 6.26. The van der Waals surface area contributed by atoms with Gasteiger partial charge in [0.2, 0.25) is 5.95 Å². The van der Waals surface area contributed by atoms with E-state index in [0.29, 0.717) is 5.02 Å². The summed E-state index contributed by atoms with van der Waals surface area (Å²) in [5, 5.41) is 5.57. The molecule has 2 fully saturated rings. The lowest BCUT2D eigenvalue weighted by molar-refractivity contribution is 0.249. The Morgan fingerprint density at radius 2 is 1.47 bits per heavy atom. The lowest BCUT2D eigenvalue weighted by Gasteiger charge is -2.35. The van der Waals surface area contributed by atoms with E-state index in [4.69, 9.17) is 21.6 Å². The first kappa shape index (κ1) is 29.5. The molecule has 230 valence electrons. The number of aryl methyl sites for hydroxylation is 2. The van der Waals surface area contributed by atoms with Gasteiger partial charge in [-0.1, -0.05) is 65.7 Å². The van der Waals surface area contributed by atoms with Gasteiger partial charge in [0.1, 0.15) is 5.82 Å². The Labute approximate surface area is 270 Å². The molecule has 1 unspecified atom stereocenters. The minimum absolute atomic E-state index is 0.00811. The van der Waals surface area contributed by atoms with Crippen LogP contribution in [0.4, 0.5) is 17.5 Å². The van der Waals surface area contributed by atoms with Crippen LogP contribution in [-0.2, 0) is 6.54 Å². The standard InChI is InChI=1S/C37H40ClN7/c1-26-5-9-29(10-6-26)36(41-33-15-16-39-34-24-31(38)13-14-32(33)34)30-11-7-28(8-12-30)25-43-19-21-44(22-20-43)35-23-27(2)40-37(42-35)45-17-3-4-18-45/h5-16,23-24,36H,3-4,17-22,25H2,1-2H3,(H,39,41). The lowest BCUT2D eigenvalue weighted by atomic mass is 9.96. The van der Waals surface area contributed by atoms with Crippen LogP contribution in [0.15, 0.2) is 85.1 Å². The van der Waals surface area contributed by atoms with E-state index in [9.17, 15) is 0 Å². The minimum Gasteiger partial charge on any atom is -0.374 e. The maximum Gasteiger partial charge on any atom is 0.227 e. The number of hydrogen-bond donors (Lipinski definition) is 1. The Morgan fingerprint density at radius 1 is 0.756 bits per heavy atom. The normalized spacial score (nSPS) is 16.3. The summed E-state index contributed by atoms with van der Waals surface area (Å²) in [4.78, 5) is 21.5. The third-order valence-corrected chi connectivity index (χ3v) is 9.28. The number of nitrogens with one attached hydrogen (secondary N) is 1. The first-order valence-corrected chi connectivity index (χ1v) is 16.4. The summed E-state index contributed by atoms with van der Waals surface area (Å²) in [6.07, 6.45) is 4.30. The van der Waals surface area contributed by atoms with Crippen LogP contribution in [0.5, 0.6) is 0 Å². The van der Waals surface area contributed by atoms with Crippen molar-refractivity contribution in [2.75, 3.05) is 54.4 Å². The van der Waals surface area contributed by atoms with Gasteiger partial charge in [-0.3, -0.25) is 9.88 Å². The Kier molecular flexibility index (Phi) is 8.55. The summed E-state index contributed by atoms with van der Waals surface area (Å²) in [6, 6.07) is 27.9. The Bertz CT molecular complexity index is 1760. The number of nitrogens with zero attached hydrogens (tertiary/aromatic N) is 6. The third-order valence-electron chi connectivity index (χ3n) is 9.05. The summed E-state index contributed by atoms with van der Waals surface area (Å²) in [5.41, 5.74) is 7.98. The number of aromatic nitrogens is 3. The first-order valence-electron chi connectivity index (χ1n) is 16.0. The maximum atomic E-state index is 6.26. The predicted molar refractivity (Wildman–Crippen MR) is 186 cm³/mol. The van der Waals surface area contributed by atoms with Crippen LogP contribution in [-0.4, -0.2) is 59.1 Å². The molecular weight excluding hydrogens is 578 g/mol. The lowest BCUT2D eigenvalue weighted by Crippen LogP contribution is -2.46. The van der Waals surface area contributed by atoms with Crippen molar-refractivity contribution >= 4 is 40.0 Å². The van der Waals surface area contributed by atoms with Gasteiger partial charge in [0.15, 0.2) is 0 Å². The Hall–Kier alpha value is -4.20. The quantitative estimate of drug-likeness (QED) is 0.194. The van der Waals surface area contributed by atoms with Gasteiger partial charge in [-0.2, -0.15) is 4.98 Å². The number of hydrogen-bond acceptors (Lipinski definition) is 7. The Morgan fingerprint density at radius 3 is 2.20 bits per heavy atom. The largest absolute Gasteiger partial charge is 0.374 e. The molecule has 2 saturated heterocycles. The molecular formula is C37H40ClN7. The molecule has 2 aliphatic heterocycles. The molecule has 7 nitrogen and oxygen atoms in total. The molecule has 5 aromatic rings. The zero-order valence-electron chi connectivity index (χ0n) is 26.1. The molecule has 2 aliphatic rings. The fourth-order valence-corrected chi connectivity index (χ4v) is 6.65. The van der Waals surface area contributed by atoms with Crippen LogP contribution in [0.3, 0.4) is 0 Å². The van der Waals surface area contributed by atoms with Gasteiger partial charge in [-0.15, -0.1) is 0 Å². The summed E-state index contributed by atoms with van der Waals surface area (Å²) >= 11 is 6.26. The SMILES string of the molecule is Cc1ccc(C(Nc2ccnc3cc(Cl)ccc23)c2ccc(CN3CCN(c4cc(C)nc(N5CCCC5)n4)CC3)cc2)cc1. The van der Waals surface area contributed by atoms with Crippen LogP contribution in [0.1, 0.15) is 46.8 Å². The molecule has 0 aliphatic carbocycles. The smallest absolute Gasteiger partial charge is 0.227 e. The summed E-state index contributed by atoms with van der Waals surface area (Å²) in [7, 11) is 0. The van der Waals surface area contributed by atoms with Crippen molar-refractivity contribution in [3.63, 3.8) is 0 Å². The number of pyridine rings is 1. The highest BCUT2D eigenvalue weighted by Gasteiger charge is 2.22. The van der Waals surface area contributed by atoms with Crippen molar-refractivity contribution in [3.8, 4) is 0 Å². The molecule has 8 heteroatoms. The number of fused-ring (bicyclic) bond motifs is 1. The molecule has 45 heavy (non-hydrogen) atoms. The molecule has 1 atom stereocenters. The molecule has 4 heterocycles. The van der Waals surface area contributed by atoms with Gasteiger partial charge in [0, 0.05) is 79.9 Å². The summed E-state index contributed by atoms with van der Waals surface area (Å²) < 4.78 is 0. The van der Waals surface area contributed by atoms with Gasteiger partial charge in [0.05, 0.1) is 11.6 Å². The van der Waals surface area contributed by atoms with Gasteiger partial charge < -0.3 is 15.1 Å². The molecule has 0 spiro atoms. The van der Waals surface area contributed by atoms with E-state index in [2.05, 4.69) is 93.4 Å². The van der Waals surface area contributed by atoms with E-state index in [1.807, 2.05) is 30.5 Å². The molecule has 0 radical (unpaired) electrons. The average Bonchev–Trinajstić information content (AvgIpc) is 3.60. The van der Waals surface area contributed by atoms with Gasteiger partial charge in [0.25, 0.3) is 0 Å². The zero-order chi connectivity index (χ0) is 30.8. The van der Waals surface area contributed by atoms with E-state index >= 15 is 0 Å². The highest BCUT2D eigenvalue weighted by Crippen LogP contribution is 2.32. The predicted octanol–water partition coefficient (Wildman–Crippen LogP) is 7.42. The third kappa shape index (κ3) is 6.75. The molecule has 0 bridgehead atoms. The number of piperazine rings is 1. The van der Waals surface area contributed by atoms with Crippen LogP contribution in [0.25, 0.3) is 10.9 Å². The van der Waals surface area contributed by atoms with Crippen LogP contribution >= 0.6 is 11.6 Å². The van der Waals surface area contributed by atoms with Gasteiger partial charge in [-0.05, 0) is 67.6 Å². The Balaban J connectivity index is 1.04. The van der Waals surface area contributed by atoms with E-state index < -0.39 is 0 Å². The molecule has 7 rings (SSSR count). The monoisotopic (exact) mass is 617 g/mol. The highest BCUT2D eigenvalue weighted by molar-refractivity contribution is 6.31. The van der Waals surface area contributed by atoms with Crippen LogP contribution < -0.4 is 15.1 Å². The van der Waals surface area contributed by atoms with Crippen LogP contribution in [0, 0.1) is 13.8 Å². The van der Waals surface area contributed by atoms with Crippen molar-refractivity contribution in [3.05, 3.63) is 118 Å². The second-order valence-corrected chi connectivity index (χ2v) is 12.8. The van der Waals surface area contributed by atoms with E-state index in [-0.39, 0.29) is 6.04 Å². The topological polar surface area (TPSA) is 60.4 Å². The van der Waals surface area contributed by atoms with Crippen molar-refractivity contribution in [1.82, 2.24) is 19.9 Å². The molecule has 2 aromatic heterocycles. The van der Waals surface area contributed by atoms with E-state index in [1.54, 1.807) is 0 Å². The minimum atomic E-state index is -0.00811. The van der Waals surface area contributed by atoms with Crippen molar-refractivity contribution in [2.45, 2.75) is 39.3 Å². The van der Waals surface area contributed by atoms with Crippen molar-refractivity contribution in [2.24, 2.45) is 0 Å². The fraction of sp³-hybridized carbons (Fsp3) is 0.324. The second kappa shape index (κ2) is 13.0. The first-order chi connectivity index (χ1) is 22.0. The van der Waals surface area contributed by atoms with E-state index in [0.717, 1.165) is 79.9 Å². The fourth-order valence-electron chi connectivity index (χ4n) is 6.49. The van der Waals surface area contributed by atoms with Crippen LogP contribution in [0.2, 0.25) is 5.02 Å². The zero-order valence-corrected chi connectivity index (χ0v) is 26.8. The number of rotatable bonds is 8. The van der Waals surface area contributed by atoms with Gasteiger partial charge >= 0.3 is 0 Å². The number of anilines is 3. The highest BCUT2D eigenvalue weighted by atomic mass is 35.5. The average molecular weight is 618 g/mol. The summed E-state index contributed by atoms with van der Waals surface area (Å²) in [5.74, 6) is 1.96. The summed E-state index contributed by atoms with van der Waals surface area (Å²) in [6.45, 7) is 11.2. The molecule has 1 N–H and O–H groups in total.